The Morgan fingerprint density at radius 3 is 2.05 bits per heavy atom. The zero-order valence-electron chi connectivity index (χ0n) is 11.8. The highest BCUT2D eigenvalue weighted by Crippen LogP contribution is 2.35. The van der Waals surface area contributed by atoms with Crippen LogP contribution in [0.2, 0.25) is 0 Å². The van der Waals surface area contributed by atoms with E-state index < -0.39 is 0 Å². The minimum Gasteiger partial charge on any atom is -1.00 e. The van der Waals surface area contributed by atoms with Gasteiger partial charge in [0.2, 0.25) is 5.82 Å². The summed E-state index contributed by atoms with van der Waals surface area (Å²) in [5.74, 6) is 2.31. The molecule has 0 bridgehead atoms. The average molecular weight is 284 g/mol. The summed E-state index contributed by atoms with van der Waals surface area (Å²) in [6.07, 6.45) is 1.58. The molecular formula is C13H18ClN3O2. The molecular weight excluding hydrogens is 266 g/mol. The van der Waals surface area contributed by atoms with Crippen LogP contribution in [0.1, 0.15) is 0 Å². The van der Waals surface area contributed by atoms with Crippen LogP contribution in [0, 0.1) is 0 Å². The van der Waals surface area contributed by atoms with Gasteiger partial charge in [-0.3, -0.25) is 4.48 Å². The number of nitrogens with zero attached hydrogens (tertiary/aromatic N) is 3. The van der Waals surface area contributed by atoms with Gasteiger partial charge in [-0.15, -0.1) is 0 Å². The summed E-state index contributed by atoms with van der Waals surface area (Å²) in [6.45, 7) is 0. The SMILES string of the molecule is COc1cc2ncnc([N+](C)(C)C)c2cc1OC.[Cl-]. The van der Waals surface area contributed by atoms with Gasteiger partial charge in [-0.1, -0.05) is 0 Å². The molecule has 0 saturated heterocycles. The number of halogens is 1. The summed E-state index contributed by atoms with van der Waals surface area (Å²) in [4.78, 5) is 8.66. The molecule has 0 saturated carbocycles. The quantitative estimate of drug-likeness (QED) is 0.667. The zero-order valence-corrected chi connectivity index (χ0v) is 12.5. The molecule has 1 aromatic heterocycles. The number of methoxy groups -OCH3 is 2. The van der Waals surface area contributed by atoms with E-state index in [9.17, 15) is 0 Å². The topological polar surface area (TPSA) is 44.2 Å². The van der Waals surface area contributed by atoms with Crippen molar-refractivity contribution in [3.63, 3.8) is 0 Å². The van der Waals surface area contributed by atoms with E-state index in [1.165, 1.54) is 0 Å². The number of benzene rings is 1. The highest BCUT2D eigenvalue weighted by Gasteiger charge is 2.20. The smallest absolute Gasteiger partial charge is 0.238 e. The molecule has 0 aliphatic rings. The van der Waals surface area contributed by atoms with Gasteiger partial charge in [-0.25, -0.2) is 4.98 Å². The predicted octanol–water partition coefficient (Wildman–Crippen LogP) is -1.15. The second-order valence-corrected chi connectivity index (χ2v) is 4.93. The molecule has 0 radical (unpaired) electrons. The molecule has 104 valence electrons. The van der Waals surface area contributed by atoms with Crippen molar-refractivity contribution in [1.82, 2.24) is 14.5 Å². The maximum Gasteiger partial charge on any atom is 0.238 e. The zero-order chi connectivity index (χ0) is 13.3. The summed E-state index contributed by atoms with van der Waals surface area (Å²) in [7, 11) is 9.44. The van der Waals surface area contributed by atoms with Crippen molar-refractivity contribution in [2.24, 2.45) is 0 Å². The van der Waals surface area contributed by atoms with E-state index in [0.717, 1.165) is 16.7 Å². The van der Waals surface area contributed by atoms with Crippen molar-refractivity contribution >= 4 is 16.7 Å². The number of aromatic nitrogens is 2. The van der Waals surface area contributed by atoms with Gasteiger partial charge in [0.1, 0.15) is 6.33 Å². The molecule has 1 aromatic carbocycles. The first kappa shape index (κ1) is 15.5. The molecule has 0 atom stereocenters. The van der Waals surface area contributed by atoms with E-state index >= 15 is 0 Å². The normalized spacial score (nSPS) is 11.0. The molecule has 19 heavy (non-hydrogen) atoms. The van der Waals surface area contributed by atoms with E-state index in [2.05, 4.69) is 31.1 Å². The number of hydrogen-bond donors (Lipinski definition) is 0. The van der Waals surface area contributed by atoms with Crippen molar-refractivity contribution in [1.29, 1.82) is 0 Å². The highest BCUT2D eigenvalue weighted by molar-refractivity contribution is 5.90. The van der Waals surface area contributed by atoms with E-state index in [4.69, 9.17) is 9.47 Å². The van der Waals surface area contributed by atoms with Gasteiger partial charge in [0.25, 0.3) is 0 Å². The fourth-order valence-electron chi connectivity index (χ4n) is 1.90. The van der Waals surface area contributed by atoms with E-state index in [0.29, 0.717) is 16.0 Å². The third-order valence-electron chi connectivity index (χ3n) is 2.76. The third kappa shape index (κ3) is 2.88. The van der Waals surface area contributed by atoms with Gasteiger partial charge in [0, 0.05) is 12.1 Å². The number of fused-ring (bicyclic) bond motifs is 1. The van der Waals surface area contributed by atoms with Crippen LogP contribution in [-0.4, -0.2) is 45.3 Å². The molecule has 2 rings (SSSR count). The average Bonchev–Trinajstić information content (AvgIpc) is 2.35. The Hall–Kier alpha value is -1.59. The number of rotatable bonds is 3. The Labute approximate surface area is 119 Å². The van der Waals surface area contributed by atoms with Gasteiger partial charge in [0.05, 0.1) is 46.3 Å². The van der Waals surface area contributed by atoms with E-state index in [-0.39, 0.29) is 12.4 Å². The summed E-state index contributed by atoms with van der Waals surface area (Å²) >= 11 is 0. The Balaban J connectivity index is 0.00000180. The minimum atomic E-state index is 0. The highest BCUT2D eigenvalue weighted by atomic mass is 35.5. The molecule has 0 unspecified atom stereocenters. The van der Waals surface area contributed by atoms with Crippen LogP contribution in [0.15, 0.2) is 18.5 Å². The molecule has 0 amide bonds. The van der Waals surface area contributed by atoms with Crippen LogP contribution in [0.5, 0.6) is 11.5 Å². The standard InChI is InChI=1S/C13H18N3O2.ClH/c1-16(2,3)13-9-6-11(17-4)12(18-5)7-10(9)14-8-15-13;/h6-8H,1-5H3;1H/q+1;/p-1. The van der Waals surface area contributed by atoms with Crippen LogP contribution >= 0.6 is 0 Å². The fourth-order valence-corrected chi connectivity index (χ4v) is 1.90. The van der Waals surface area contributed by atoms with E-state index in [1.807, 2.05) is 12.1 Å². The molecule has 0 fully saturated rings. The predicted molar refractivity (Wildman–Crippen MR) is 72.2 cm³/mol. The summed E-state index contributed by atoms with van der Waals surface area (Å²) in [6, 6.07) is 3.79. The molecule has 0 N–H and O–H groups in total. The minimum absolute atomic E-state index is 0. The largest absolute Gasteiger partial charge is 1.00 e. The van der Waals surface area contributed by atoms with Crippen molar-refractivity contribution in [2.75, 3.05) is 35.4 Å². The molecule has 6 heteroatoms. The lowest BCUT2D eigenvalue weighted by atomic mass is 10.2. The lowest BCUT2D eigenvalue weighted by Crippen LogP contribution is -3.00. The lowest BCUT2D eigenvalue weighted by molar-refractivity contribution is -0.00000462. The first-order valence-electron chi connectivity index (χ1n) is 5.66. The van der Waals surface area contributed by atoms with Crippen LogP contribution in [0.25, 0.3) is 10.9 Å². The number of quaternary nitrogens is 1. The van der Waals surface area contributed by atoms with Crippen LogP contribution in [0.3, 0.4) is 0 Å². The van der Waals surface area contributed by atoms with E-state index in [1.54, 1.807) is 20.5 Å². The second-order valence-electron chi connectivity index (χ2n) is 4.93. The van der Waals surface area contributed by atoms with Crippen molar-refractivity contribution in [3.8, 4) is 11.5 Å². The van der Waals surface area contributed by atoms with Gasteiger partial charge >= 0.3 is 0 Å². The fraction of sp³-hybridized carbons (Fsp3) is 0.385. The van der Waals surface area contributed by atoms with Crippen LogP contribution in [0.4, 0.5) is 5.82 Å². The molecule has 5 nitrogen and oxygen atoms in total. The molecule has 2 aromatic rings. The second kappa shape index (κ2) is 5.59. The first-order chi connectivity index (χ1) is 8.47. The summed E-state index contributed by atoms with van der Waals surface area (Å²) < 4.78 is 11.2. The maximum absolute atomic E-state index is 5.32. The molecule has 0 aliphatic carbocycles. The van der Waals surface area contributed by atoms with Crippen molar-refractivity contribution in [2.45, 2.75) is 0 Å². The summed E-state index contributed by atoms with van der Waals surface area (Å²) in [5, 5.41) is 0.975. The monoisotopic (exact) mass is 283 g/mol. The Kier molecular flexibility index (Phi) is 4.55. The Morgan fingerprint density at radius 2 is 1.53 bits per heavy atom. The van der Waals surface area contributed by atoms with Crippen molar-refractivity contribution in [3.05, 3.63) is 18.5 Å². The van der Waals surface area contributed by atoms with Crippen molar-refractivity contribution < 1.29 is 21.9 Å². The summed E-state index contributed by atoms with van der Waals surface area (Å²) in [5.41, 5.74) is 0.853. The third-order valence-corrected chi connectivity index (χ3v) is 2.76. The Bertz CT molecular complexity index is 582. The van der Waals surface area contributed by atoms with Gasteiger partial charge in [0.15, 0.2) is 11.5 Å². The number of hydrogen-bond acceptors (Lipinski definition) is 4. The molecule has 0 aliphatic heterocycles. The first-order valence-corrected chi connectivity index (χ1v) is 5.66. The van der Waals surface area contributed by atoms with Crippen LogP contribution in [-0.2, 0) is 0 Å². The van der Waals surface area contributed by atoms with Gasteiger partial charge in [-0.2, -0.15) is 4.98 Å². The maximum atomic E-state index is 5.32. The lowest BCUT2D eigenvalue weighted by Gasteiger charge is -2.23. The molecule has 0 spiro atoms. The van der Waals surface area contributed by atoms with Crippen LogP contribution < -0.4 is 26.4 Å². The Morgan fingerprint density at radius 1 is 0.947 bits per heavy atom. The molecule has 1 heterocycles. The number of ether oxygens (including phenoxy) is 2. The van der Waals surface area contributed by atoms with Gasteiger partial charge in [-0.05, 0) is 0 Å². The van der Waals surface area contributed by atoms with Gasteiger partial charge < -0.3 is 21.9 Å².